The highest BCUT2D eigenvalue weighted by atomic mass is 19.1. The van der Waals surface area contributed by atoms with Crippen molar-refractivity contribution >= 4 is 11.6 Å². The Hall–Kier alpha value is -1.93. The molecular formula is C13H14FN3O. The zero-order valence-electron chi connectivity index (χ0n) is 10.0. The molecule has 1 aliphatic rings. The molecule has 5 heteroatoms. The van der Waals surface area contributed by atoms with Crippen molar-refractivity contribution in [3.8, 4) is 6.07 Å². The number of halogens is 1. The fraction of sp³-hybridized carbons (Fsp3) is 0.385. The maximum Gasteiger partial charge on any atom is 0.241 e. The fourth-order valence-corrected chi connectivity index (χ4v) is 2.09. The second-order valence-electron chi connectivity index (χ2n) is 4.49. The molecule has 1 saturated heterocycles. The van der Waals surface area contributed by atoms with Crippen molar-refractivity contribution in [3.63, 3.8) is 0 Å². The average molecular weight is 247 g/mol. The highest BCUT2D eigenvalue weighted by Crippen LogP contribution is 2.18. The van der Waals surface area contributed by atoms with E-state index in [1.54, 1.807) is 6.07 Å². The number of nitriles is 1. The van der Waals surface area contributed by atoms with Gasteiger partial charge in [-0.15, -0.1) is 0 Å². The number of nitrogens with one attached hydrogen (secondary N) is 2. The molecule has 0 bridgehead atoms. The van der Waals surface area contributed by atoms with Crippen molar-refractivity contribution in [1.29, 1.82) is 5.26 Å². The molecule has 2 atom stereocenters. The summed E-state index contributed by atoms with van der Waals surface area (Å²) in [5, 5.41) is 14.5. The van der Waals surface area contributed by atoms with Crippen LogP contribution in [-0.4, -0.2) is 18.5 Å². The summed E-state index contributed by atoms with van der Waals surface area (Å²) in [6.45, 7) is 2.84. The predicted molar refractivity (Wildman–Crippen MR) is 65.3 cm³/mol. The van der Waals surface area contributed by atoms with Gasteiger partial charge >= 0.3 is 0 Å². The number of benzene rings is 1. The van der Waals surface area contributed by atoms with Gasteiger partial charge in [-0.3, -0.25) is 4.79 Å². The largest absolute Gasteiger partial charge is 0.325 e. The van der Waals surface area contributed by atoms with Gasteiger partial charge in [0, 0.05) is 5.69 Å². The molecule has 18 heavy (non-hydrogen) atoms. The topological polar surface area (TPSA) is 64.9 Å². The summed E-state index contributed by atoms with van der Waals surface area (Å²) in [5.74, 6) is -0.445. The van der Waals surface area contributed by atoms with Crippen LogP contribution in [0.25, 0.3) is 0 Å². The van der Waals surface area contributed by atoms with E-state index in [1.165, 1.54) is 18.2 Å². The van der Waals surface area contributed by atoms with Crippen LogP contribution in [0.5, 0.6) is 0 Å². The lowest BCUT2D eigenvalue weighted by molar-refractivity contribution is -0.118. The Balaban J connectivity index is 2.10. The van der Waals surface area contributed by atoms with Gasteiger partial charge in [-0.2, -0.15) is 5.26 Å². The molecule has 1 aliphatic heterocycles. The maximum absolute atomic E-state index is 13.1. The molecule has 94 valence electrons. The van der Waals surface area contributed by atoms with E-state index in [2.05, 4.69) is 10.6 Å². The first-order chi connectivity index (χ1) is 8.61. The predicted octanol–water partition coefficient (Wildman–Crippen LogP) is 1.63. The zero-order chi connectivity index (χ0) is 13.1. The van der Waals surface area contributed by atoms with E-state index in [9.17, 15) is 9.18 Å². The number of anilines is 1. The Morgan fingerprint density at radius 3 is 3.00 bits per heavy atom. The Morgan fingerprint density at radius 1 is 1.61 bits per heavy atom. The second kappa shape index (κ2) is 5.15. The van der Waals surface area contributed by atoms with Gasteiger partial charge in [-0.25, -0.2) is 4.39 Å². The van der Waals surface area contributed by atoms with E-state index < -0.39 is 5.82 Å². The first kappa shape index (κ1) is 12.5. The summed E-state index contributed by atoms with van der Waals surface area (Å²) in [4.78, 5) is 12.0. The lowest BCUT2D eigenvalue weighted by Crippen LogP contribution is -2.39. The number of amides is 1. The second-order valence-corrected chi connectivity index (χ2v) is 4.49. The minimum atomic E-state index is -0.581. The first-order valence-corrected chi connectivity index (χ1v) is 5.85. The van der Waals surface area contributed by atoms with Crippen molar-refractivity contribution < 1.29 is 9.18 Å². The highest BCUT2D eigenvalue weighted by Gasteiger charge is 2.29. The Kier molecular flexibility index (Phi) is 3.58. The van der Waals surface area contributed by atoms with Crippen molar-refractivity contribution in [2.45, 2.75) is 19.4 Å². The third-order valence-corrected chi connectivity index (χ3v) is 3.17. The summed E-state index contributed by atoms with van der Waals surface area (Å²) in [7, 11) is 0. The molecule has 1 heterocycles. The van der Waals surface area contributed by atoms with E-state index in [-0.39, 0.29) is 23.4 Å². The molecule has 2 unspecified atom stereocenters. The average Bonchev–Trinajstić information content (AvgIpc) is 2.78. The molecule has 4 nitrogen and oxygen atoms in total. The molecule has 0 aliphatic carbocycles. The summed E-state index contributed by atoms with van der Waals surface area (Å²) in [6, 6.07) is 5.50. The molecule has 0 aromatic heterocycles. The van der Waals surface area contributed by atoms with Gasteiger partial charge in [0.25, 0.3) is 0 Å². The molecular weight excluding hydrogens is 233 g/mol. The van der Waals surface area contributed by atoms with Crippen LogP contribution in [0.1, 0.15) is 18.9 Å². The van der Waals surface area contributed by atoms with E-state index in [1.807, 2.05) is 6.92 Å². The minimum absolute atomic E-state index is 0.0692. The van der Waals surface area contributed by atoms with Crippen LogP contribution in [-0.2, 0) is 4.79 Å². The quantitative estimate of drug-likeness (QED) is 0.834. The van der Waals surface area contributed by atoms with Gasteiger partial charge in [0.15, 0.2) is 0 Å². The fourth-order valence-electron chi connectivity index (χ4n) is 2.09. The third kappa shape index (κ3) is 2.49. The van der Waals surface area contributed by atoms with Crippen LogP contribution in [0.3, 0.4) is 0 Å². The summed E-state index contributed by atoms with van der Waals surface area (Å²) >= 11 is 0. The zero-order valence-corrected chi connectivity index (χ0v) is 10.0. The molecule has 0 saturated carbocycles. The van der Waals surface area contributed by atoms with Crippen LogP contribution >= 0.6 is 0 Å². The van der Waals surface area contributed by atoms with Crippen LogP contribution in [0.15, 0.2) is 18.2 Å². The molecule has 1 aromatic carbocycles. The number of carbonyl (C=O) groups is 1. The van der Waals surface area contributed by atoms with Crippen molar-refractivity contribution in [1.82, 2.24) is 5.32 Å². The third-order valence-electron chi connectivity index (χ3n) is 3.17. The minimum Gasteiger partial charge on any atom is -0.325 e. The maximum atomic E-state index is 13.1. The van der Waals surface area contributed by atoms with Gasteiger partial charge in [-0.1, -0.05) is 6.92 Å². The normalized spacial score (nSPS) is 22.5. The van der Waals surface area contributed by atoms with Crippen molar-refractivity contribution in [2.75, 3.05) is 11.9 Å². The smallest absolute Gasteiger partial charge is 0.241 e. The lowest BCUT2D eigenvalue weighted by atomic mass is 10.0. The standard InChI is InChI=1S/C13H14FN3O/c1-8-4-5-16-12(8)13(18)17-10-2-3-11(14)9(6-10)7-15/h2-3,6,8,12,16H,4-5H2,1H3,(H,17,18). The molecule has 0 spiro atoms. The number of nitrogens with zero attached hydrogens (tertiary/aromatic N) is 1. The Labute approximate surface area is 105 Å². The van der Waals surface area contributed by atoms with Crippen LogP contribution < -0.4 is 10.6 Å². The van der Waals surface area contributed by atoms with Crippen molar-refractivity contribution in [3.05, 3.63) is 29.6 Å². The van der Waals surface area contributed by atoms with Gasteiger partial charge in [-0.05, 0) is 37.1 Å². The Morgan fingerprint density at radius 2 is 2.39 bits per heavy atom. The van der Waals surface area contributed by atoms with E-state index in [0.29, 0.717) is 5.69 Å². The summed E-state index contributed by atoms with van der Waals surface area (Å²) in [6.07, 6.45) is 0.963. The van der Waals surface area contributed by atoms with Gasteiger partial charge < -0.3 is 10.6 Å². The lowest BCUT2D eigenvalue weighted by Gasteiger charge is -2.15. The number of carbonyl (C=O) groups excluding carboxylic acids is 1. The van der Waals surface area contributed by atoms with Gasteiger partial charge in [0.1, 0.15) is 11.9 Å². The van der Waals surface area contributed by atoms with Crippen LogP contribution in [0.2, 0.25) is 0 Å². The molecule has 2 N–H and O–H groups in total. The van der Waals surface area contributed by atoms with Crippen molar-refractivity contribution in [2.24, 2.45) is 5.92 Å². The SMILES string of the molecule is CC1CCNC1C(=O)Nc1ccc(F)c(C#N)c1. The molecule has 1 aromatic rings. The monoisotopic (exact) mass is 247 g/mol. The van der Waals surface area contributed by atoms with E-state index in [4.69, 9.17) is 5.26 Å². The van der Waals surface area contributed by atoms with Crippen LogP contribution in [0, 0.1) is 23.1 Å². The van der Waals surface area contributed by atoms with E-state index in [0.717, 1.165) is 13.0 Å². The highest BCUT2D eigenvalue weighted by molar-refractivity contribution is 5.95. The van der Waals surface area contributed by atoms with Gasteiger partial charge in [0.05, 0.1) is 11.6 Å². The summed E-state index contributed by atoms with van der Waals surface area (Å²) < 4.78 is 13.1. The number of hydrogen-bond donors (Lipinski definition) is 2. The molecule has 1 amide bonds. The first-order valence-electron chi connectivity index (χ1n) is 5.85. The molecule has 2 rings (SSSR count). The van der Waals surface area contributed by atoms with Gasteiger partial charge in [0.2, 0.25) is 5.91 Å². The molecule has 1 fully saturated rings. The molecule has 0 radical (unpaired) electrons. The summed E-state index contributed by atoms with van der Waals surface area (Å²) in [5.41, 5.74) is 0.374. The number of rotatable bonds is 2. The number of hydrogen-bond acceptors (Lipinski definition) is 3. The van der Waals surface area contributed by atoms with E-state index >= 15 is 0 Å². The Bertz CT molecular complexity index is 509. The van der Waals surface area contributed by atoms with Crippen LogP contribution in [0.4, 0.5) is 10.1 Å².